The quantitative estimate of drug-likeness (QED) is 0.869. The lowest BCUT2D eigenvalue weighted by Gasteiger charge is -2.26. The summed E-state index contributed by atoms with van der Waals surface area (Å²) in [5.41, 5.74) is 1.19. The van der Waals surface area contributed by atoms with E-state index in [2.05, 4.69) is 10.6 Å². The third kappa shape index (κ3) is 3.62. The molecule has 134 valence electrons. The first-order chi connectivity index (χ1) is 12.7. The highest BCUT2D eigenvalue weighted by molar-refractivity contribution is 7.99. The molecule has 0 saturated carbocycles. The molecule has 7 heteroatoms. The van der Waals surface area contributed by atoms with Crippen molar-refractivity contribution in [3.05, 3.63) is 48.0 Å². The van der Waals surface area contributed by atoms with Gasteiger partial charge in [0.1, 0.15) is 12.7 Å². The number of benzene rings is 2. The van der Waals surface area contributed by atoms with Crippen molar-refractivity contribution in [1.82, 2.24) is 5.32 Å². The van der Waals surface area contributed by atoms with Crippen molar-refractivity contribution in [3.63, 3.8) is 0 Å². The summed E-state index contributed by atoms with van der Waals surface area (Å²) in [6.45, 7) is 0.722. The maximum atomic E-state index is 12.5. The van der Waals surface area contributed by atoms with Gasteiger partial charge in [0.15, 0.2) is 11.5 Å². The molecule has 0 aromatic heterocycles. The number of amides is 2. The van der Waals surface area contributed by atoms with Gasteiger partial charge in [-0.25, -0.2) is 0 Å². The van der Waals surface area contributed by atoms with Gasteiger partial charge in [-0.1, -0.05) is 12.1 Å². The minimum Gasteiger partial charge on any atom is -0.486 e. The first-order valence-electron chi connectivity index (χ1n) is 8.42. The van der Waals surface area contributed by atoms with Crippen molar-refractivity contribution in [2.45, 2.75) is 17.4 Å². The SMILES string of the molecule is O=C1CCSc2ccc(C(=O)NC[C@H]3COc4ccccc4O3)cc2N1. The van der Waals surface area contributed by atoms with Crippen LogP contribution in [0.4, 0.5) is 5.69 Å². The molecule has 0 bridgehead atoms. The molecule has 26 heavy (non-hydrogen) atoms. The molecule has 0 radical (unpaired) electrons. The van der Waals surface area contributed by atoms with Crippen molar-refractivity contribution >= 4 is 29.3 Å². The fourth-order valence-corrected chi connectivity index (χ4v) is 3.77. The summed E-state index contributed by atoms with van der Waals surface area (Å²) in [5, 5.41) is 5.72. The van der Waals surface area contributed by atoms with Gasteiger partial charge >= 0.3 is 0 Å². The summed E-state index contributed by atoms with van der Waals surface area (Å²) >= 11 is 1.61. The van der Waals surface area contributed by atoms with Gasteiger partial charge in [0.25, 0.3) is 5.91 Å². The molecular weight excluding hydrogens is 352 g/mol. The predicted octanol–water partition coefficient (Wildman–Crippen LogP) is 2.69. The third-order valence-electron chi connectivity index (χ3n) is 4.16. The fourth-order valence-electron chi connectivity index (χ4n) is 2.83. The van der Waals surface area contributed by atoms with Crippen molar-refractivity contribution in [2.75, 3.05) is 24.2 Å². The van der Waals surface area contributed by atoms with Crippen LogP contribution in [0.2, 0.25) is 0 Å². The summed E-state index contributed by atoms with van der Waals surface area (Å²) < 4.78 is 11.5. The van der Waals surface area contributed by atoms with Crippen LogP contribution < -0.4 is 20.1 Å². The van der Waals surface area contributed by atoms with E-state index >= 15 is 0 Å². The molecule has 4 rings (SSSR count). The van der Waals surface area contributed by atoms with Crippen LogP contribution >= 0.6 is 11.8 Å². The molecule has 6 nitrogen and oxygen atoms in total. The molecule has 2 aromatic rings. The Morgan fingerprint density at radius 3 is 2.96 bits per heavy atom. The third-order valence-corrected chi connectivity index (χ3v) is 5.24. The Morgan fingerprint density at radius 1 is 1.23 bits per heavy atom. The maximum Gasteiger partial charge on any atom is 0.251 e. The van der Waals surface area contributed by atoms with E-state index in [1.165, 1.54) is 0 Å². The minimum atomic E-state index is -0.245. The molecule has 1 atom stereocenters. The first kappa shape index (κ1) is 16.8. The highest BCUT2D eigenvalue weighted by Crippen LogP contribution is 2.32. The smallest absolute Gasteiger partial charge is 0.251 e. The Hall–Kier alpha value is -2.67. The Kier molecular flexibility index (Phi) is 4.71. The lowest BCUT2D eigenvalue weighted by atomic mass is 10.1. The van der Waals surface area contributed by atoms with E-state index in [-0.39, 0.29) is 17.9 Å². The van der Waals surface area contributed by atoms with E-state index in [9.17, 15) is 9.59 Å². The van der Waals surface area contributed by atoms with Gasteiger partial charge in [-0.3, -0.25) is 9.59 Å². The summed E-state index contributed by atoms with van der Waals surface area (Å²) in [4.78, 5) is 25.1. The second kappa shape index (κ2) is 7.29. The van der Waals surface area contributed by atoms with E-state index in [1.54, 1.807) is 23.9 Å². The predicted molar refractivity (Wildman–Crippen MR) is 99.1 cm³/mol. The zero-order valence-electron chi connectivity index (χ0n) is 14.0. The number of ether oxygens (including phenoxy) is 2. The van der Waals surface area contributed by atoms with Gasteiger partial charge in [-0.05, 0) is 30.3 Å². The van der Waals surface area contributed by atoms with Crippen molar-refractivity contribution < 1.29 is 19.1 Å². The number of fused-ring (bicyclic) bond motifs is 2. The highest BCUT2D eigenvalue weighted by atomic mass is 32.2. The lowest BCUT2D eigenvalue weighted by Crippen LogP contribution is -2.40. The van der Waals surface area contributed by atoms with Crippen LogP contribution in [0, 0.1) is 0 Å². The number of carbonyl (C=O) groups excluding carboxylic acids is 2. The Balaban J connectivity index is 1.39. The average molecular weight is 370 g/mol. The van der Waals surface area contributed by atoms with Crippen LogP contribution in [0.15, 0.2) is 47.4 Å². The molecule has 2 N–H and O–H groups in total. The summed E-state index contributed by atoms with van der Waals surface area (Å²) in [7, 11) is 0. The largest absolute Gasteiger partial charge is 0.486 e. The molecule has 0 saturated heterocycles. The van der Waals surface area contributed by atoms with Gasteiger partial charge in [-0.2, -0.15) is 0 Å². The van der Waals surface area contributed by atoms with E-state index < -0.39 is 0 Å². The number of nitrogens with one attached hydrogen (secondary N) is 2. The van der Waals surface area contributed by atoms with E-state index in [0.717, 1.165) is 10.6 Å². The monoisotopic (exact) mass is 370 g/mol. The Morgan fingerprint density at radius 2 is 2.08 bits per heavy atom. The second-order valence-electron chi connectivity index (χ2n) is 6.07. The molecule has 0 unspecified atom stereocenters. The first-order valence-corrected chi connectivity index (χ1v) is 9.41. The van der Waals surface area contributed by atoms with E-state index in [0.29, 0.717) is 42.3 Å². The lowest BCUT2D eigenvalue weighted by molar-refractivity contribution is -0.115. The maximum absolute atomic E-state index is 12.5. The fraction of sp³-hybridized carbons (Fsp3) is 0.263. The standard InChI is InChI=1S/C19H18N2O4S/c22-18-7-8-26-17-6-5-12(9-14(17)21-18)19(23)20-10-13-11-24-15-3-1-2-4-16(15)25-13/h1-6,9,13H,7-8,10-11H2,(H,20,23)(H,21,22)/t13-/m0/s1. The van der Waals surface area contributed by atoms with Gasteiger partial charge in [-0.15, -0.1) is 11.8 Å². The van der Waals surface area contributed by atoms with E-state index in [4.69, 9.17) is 9.47 Å². The van der Waals surface area contributed by atoms with Crippen LogP contribution in [0.1, 0.15) is 16.8 Å². The molecule has 2 aliphatic heterocycles. The topological polar surface area (TPSA) is 76.7 Å². The van der Waals surface area contributed by atoms with Crippen molar-refractivity contribution in [1.29, 1.82) is 0 Å². The zero-order chi connectivity index (χ0) is 17.9. The molecule has 2 aliphatic rings. The van der Waals surface area contributed by atoms with Crippen LogP contribution in [0.25, 0.3) is 0 Å². The van der Waals surface area contributed by atoms with Gasteiger partial charge in [0.05, 0.1) is 12.2 Å². The van der Waals surface area contributed by atoms with Gasteiger partial charge in [0.2, 0.25) is 5.91 Å². The van der Waals surface area contributed by atoms with Gasteiger partial charge in [0, 0.05) is 22.6 Å². The molecule has 0 aliphatic carbocycles. The zero-order valence-corrected chi connectivity index (χ0v) is 14.8. The number of hydrogen-bond donors (Lipinski definition) is 2. The molecule has 0 fully saturated rings. The van der Waals surface area contributed by atoms with Crippen LogP contribution in [-0.4, -0.2) is 36.8 Å². The van der Waals surface area contributed by atoms with Crippen LogP contribution in [0.3, 0.4) is 0 Å². The number of rotatable bonds is 3. The molecule has 0 spiro atoms. The molecule has 2 amide bonds. The van der Waals surface area contributed by atoms with E-state index in [1.807, 2.05) is 30.3 Å². The number of para-hydroxylation sites is 2. The van der Waals surface area contributed by atoms with Gasteiger partial charge < -0.3 is 20.1 Å². The summed E-state index contributed by atoms with van der Waals surface area (Å²) in [6, 6.07) is 12.8. The Bertz CT molecular complexity index is 855. The number of thioether (sulfide) groups is 1. The van der Waals surface area contributed by atoms with Crippen LogP contribution in [0.5, 0.6) is 11.5 Å². The molecule has 2 aromatic carbocycles. The number of anilines is 1. The summed E-state index contributed by atoms with van der Waals surface area (Å²) in [6.07, 6.45) is 0.228. The second-order valence-corrected chi connectivity index (χ2v) is 7.20. The van der Waals surface area contributed by atoms with Crippen molar-refractivity contribution in [3.8, 4) is 11.5 Å². The Labute approximate surface area is 155 Å². The molecular formula is C19H18N2O4S. The number of carbonyl (C=O) groups is 2. The number of hydrogen-bond acceptors (Lipinski definition) is 5. The molecule has 2 heterocycles. The average Bonchev–Trinajstić information content (AvgIpc) is 2.85. The van der Waals surface area contributed by atoms with Crippen LogP contribution in [-0.2, 0) is 4.79 Å². The highest BCUT2D eigenvalue weighted by Gasteiger charge is 2.22. The normalized spacial score (nSPS) is 18.3. The summed E-state index contributed by atoms with van der Waals surface area (Å²) in [5.74, 6) is 1.90. The minimum absolute atomic E-state index is 0.0276. The van der Waals surface area contributed by atoms with Crippen molar-refractivity contribution in [2.24, 2.45) is 0 Å².